The van der Waals surface area contributed by atoms with E-state index in [0.29, 0.717) is 4.47 Å². The molecule has 5 nitrogen and oxygen atoms in total. The molecule has 4 aromatic rings. The van der Waals surface area contributed by atoms with Crippen molar-refractivity contribution < 1.29 is 4.39 Å². The normalized spacial score (nSPS) is 17.1. The Bertz CT molecular complexity index is 1120. The molecule has 1 aliphatic rings. The molecule has 1 aliphatic heterocycles. The number of rotatable bonds is 3. The number of fused-ring (bicyclic) bond motifs is 1. The van der Waals surface area contributed by atoms with Crippen LogP contribution in [0.25, 0.3) is 16.2 Å². The summed E-state index contributed by atoms with van der Waals surface area (Å²) in [6.07, 6.45) is 5.53. The minimum Gasteiger partial charge on any atom is -0.348 e. The number of hydrogen-bond acceptors (Lipinski definition) is 5. The van der Waals surface area contributed by atoms with Crippen LogP contribution in [-0.2, 0) is 0 Å². The van der Waals surface area contributed by atoms with Gasteiger partial charge in [0, 0.05) is 12.7 Å². The molecular formula is C19H15ClFN5S. The molecule has 1 fully saturated rings. The molecule has 0 bridgehead atoms. The van der Waals surface area contributed by atoms with Crippen LogP contribution in [0.2, 0.25) is 4.47 Å². The lowest BCUT2D eigenvalue weighted by Gasteiger charge is -2.26. The Labute approximate surface area is 164 Å². The van der Waals surface area contributed by atoms with Gasteiger partial charge >= 0.3 is 0 Å². The number of anilines is 1. The molecule has 0 saturated carbocycles. The van der Waals surface area contributed by atoms with Gasteiger partial charge in [0.25, 0.3) is 0 Å². The highest BCUT2D eigenvalue weighted by molar-refractivity contribution is 7.18. The van der Waals surface area contributed by atoms with Gasteiger partial charge in [0.2, 0.25) is 0 Å². The summed E-state index contributed by atoms with van der Waals surface area (Å²) in [6.45, 7) is 0.885. The fourth-order valence-electron chi connectivity index (χ4n) is 3.66. The number of benzene rings is 1. The molecule has 5 rings (SSSR count). The molecule has 27 heavy (non-hydrogen) atoms. The van der Waals surface area contributed by atoms with Gasteiger partial charge in [-0.15, -0.1) is 16.4 Å². The quantitative estimate of drug-likeness (QED) is 0.487. The zero-order valence-electron chi connectivity index (χ0n) is 14.2. The Morgan fingerprint density at radius 2 is 2.07 bits per heavy atom. The minimum atomic E-state index is -0.207. The largest absolute Gasteiger partial charge is 0.348 e. The Hall–Kier alpha value is -2.51. The number of imidazole rings is 1. The Morgan fingerprint density at radius 1 is 1.15 bits per heavy atom. The van der Waals surface area contributed by atoms with Crippen LogP contribution in [0.4, 0.5) is 10.2 Å². The van der Waals surface area contributed by atoms with Crippen molar-refractivity contribution in [2.75, 3.05) is 11.4 Å². The summed E-state index contributed by atoms with van der Waals surface area (Å²) in [5.41, 5.74) is 2.60. The molecule has 0 spiro atoms. The first-order valence-corrected chi connectivity index (χ1v) is 9.87. The summed E-state index contributed by atoms with van der Waals surface area (Å²) in [7, 11) is 0. The molecule has 8 heteroatoms. The van der Waals surface area contributed by atoms with Crippen LogP contribution >= 0.6 is 22.9 Å². The zero-order chi connectivity index (χ0) is 18.4. The van der Waals surface area contributed by atoms with Crippen molar-refractivity contribution >= 4 is 34.4 Å². The van der Waals surface area contributed by atoms with Crippen LogP contribution < -0.4 is 4.90 Å². The van der Waals surface area contributed by atoms with Crippen LogP contribution in [0.1, 0.15) is 24.4 Å². The third kappa shape index (κ3) is 2.96. The van der Waals surface area contributed by atoms with Crippen molar-refractivity contribution in [2.24, 2.45) is 0 Å². The van der Waals surface area contributed by atoms with E-state index in [1.807, 2.05) is 22.7 Å². The first-order chi connectivity index (χ1) is 13.2. The highest BCUT2D eigenvalue weighted by Gasteiger charge is 2.28. The third-order valence-electron chi connectivity index (χ3n) is 4.86. The highest BCUT2D eigenvalue weighted by atomic mass is 35.5. The molecule has 0 amide bonds. The summed E-state index contributed by atoms with van der Waals surface area (Å²) in [5.74, 6) is 0.644. The van der Waals surface area contributed by atoms with Crippen molar-refractivity contribution in [1.29, 1.82) is 0 Å². The molecule has 0 aliphatic carbocycles. The van der Waals surface area contributed by atoms with E-state index < -0.39 is 0 Å². The predicted molar refractivity (Wildman–Crippen MR) is 105 cm³/mol. The minimum absolute atomic E-state index is 0.121. The van der Waals surface area contributed by atoms with Gasteiger partial charge < -0.3 is 4.90 Å². The number of halogens is 2. The SMILES string of the molecule is Fc1cccc(C2CCCN2c2ccc3ncc(-c4cnc(Cl)s4)n3n2)c1. The molecule has 3 aromatic heterocycles. The van der Waals surface area contributed by atoms with E-state index >= 15 is 0 Å². The van der Waals surface area contributed by atoms with Crippen LogP contribution in [0.5, 0.6) is 0 Å². The average molecular weight is 400 g/mol. The van der Waals surface area contributed by atoms with E-state index in [9.17, 15) is 4.39 Å². The molecule has 1 atom stereocenters. The fourth-order valence-corrected chi connectivity index (χ4v) is 4.59. The molecule has 1 aromatic carbocycles. The van der Waals surface area contributed by atoms with Crippen LogP contribution in [-0.4, -0.2) is 26.1 Å². The molecule has 1 unspecified atom stereocenters. The van der Waals surface area contributed by atoms with E-state index in [1.165, 1.54) is 17.4 Å². The first kappa shape index (κ1) is 16.6. The summed E-state index contributed by atoms with van der Waals surface area (Å²) < 4.78 is 16.0. The second-order valence-electron chi connectivity index (χ2n) is 6.49. The van der Waals surface area contributed by atoms with E-state index in [-0.39, 0.29) is 11.9 Å². The zero-order valence-corrected chi connectivity index (χ0v) is 15.8. The molecule has 1 saturated heterocycles. The van der Waals surface area contributed by atoms with Crippen LogP contribution in [0.3, 0.4) is 0 Å². The van der Waals surface area contributed by atoms with E-state index in [0.717, 1.165) is 47.0 Å². The topological polar surface area (TPSA) is 46.3 Å². The first-order valence-electron chi connectivity index (χ1n) is 8.68. The smallest absolute Gasteiger partial charge is 0.184 e. The highest BCUT2D eigenvalue weighted by Crippen LogP contribution is 2.36. The van der Waals surface area contributed by atoms with Gasteiger partial charge in [-0.25, -0.2) is 18.9 Å². The average Bonchev–Trinajstić information content (AvgIpc) is 3.40. The lowest BCUT2D eigenvalue weighted by atomic mass is 10.0. The van der Waals surface area contributed by atoms with Gasteiger partial charge in [-0.2, -0.15) is 0 Å². The van der Waals surface area contributed by atoms with Crippen LogP contribution in [0.15, 0.2) is 48.8 Å². The van der Waals surface area contributed by atoms with E-state index in [1.54, 1.807) is 24.5 Å². The maximum Gasteiger partial charge on any atom is 0.184 e. The third-order valence-corrected chi connectivity index (χ3v) is 6.00. The van der Waals surface area contributed by atoms with Crippen molar-refractivity contribution in [3.05, 3.63) is 64.6 Å². The maximum absolute atomic E-state index is 13.7. The lowest BCUT2D eigenvalue weighted by Crippen LogP contribution is -2.24. The number of aromatic nitrogens is 4. The van der Waals surface area contributed by atoms with Crippen LogP contribution in [0, 0.1) is 5.82 Å². The monoisotopic (exact) mass is 399 g/mol. The van der Waals surface area contributed by atoms with E-state index in [2.05, 4.69) is 14.9 Å². The second kappa shape index (κ2) is 6.58. The van der Waals surface area contributed by atoms with Crippen molar-refractivity contribution in [3.8, 4) is 10.6 Å². The Morgan fingerprint density at radius 3 is 2.89 bits per heavy atom. The summed E-state index contributed by atoms with van der Waals surface area (Å²) in [4.78, 5) is 11.7. The number of thiazole rings is 1. The molecule has 136 valence electrons. The Balaban J connectivity index is 1.56. The van der Waals surface area contributed by atoms with Gasteiger partial charge in [0.1, 0.15) is 17.3 Å². The molecule has 0 N–H and O–H groups in total. The van der Waals surface area contributed by atoms with Crippen molar-refractivity contribution in [2.45, 2.75) is 18.9 Å². The fraction of sp³-hybridized carbons (Fsp3) is 0.211. The van der Waals surface area contributed by atoms with Crippen molar-refractivity contribution in [1.82, 2.24) is 19.6 Å². The molecular weight excluding hydrogens is 385 g/mol. The summed E-state index contributed by atoms with van der Waals surface area (Å²) in [6, 6.07) is 10.9. The number of nitrogens with zero attached hydrogens (tertiary/aromatic N) is 5. The van der Waals surface area contributed by atoms with Gasteiger partial charge in [0.15, 0.2) is 10.1 Å². The van der Waals surface area contributed by atoms with Gasteiger partial charge in [0.05, 0.1) is 17.1 Å². The summed E-state index contributed by atoms with van der Waals surface area (Å²) in [5, 5.41) is 4.82. The standard InChI is InChI=1S/C19H15ClFN5S/c20-19-23-11-16(27-19)15-10-22-17-6-7-18(24-26(15)17)25-8-2-5-14(25)12-3-1-4-13(21)9-12/h1,3-4,6-7,9-11,14H,2,5,8H2. The van der Waals surface area contributed by atoms with Gasteiger partial charge in [-0.05, 0) is 42.7 Å². The van der Waals surface area contributed by atoms with E-state index in [4.69, 9.17) is 16.7 Å². The molecule has 4 heterocycles. The predicted octanol–water partition coefficient (Wildman–Crippen LogP) is 4.99. The number of hydrogen-bond donors (Lipinski definition) is 0. The lowest BCUT2D eigenvalue weighted by molar-refractivity contribution is 0.617. The van der Waals surface area contributed by atoms with Gasteiger partial charge in [-0.1, -0.05) is 23.7 Å². The maximum atomic E-state index is 13.7. The summed E-state index contributed by atoms with van der Waals surface area (Å²) >= 11 is 7.38. The van der Waals surface area contributed by atoms with Crippen molar-refractivity contribution in [3.63, 3.8) is 0 Å². The second-order valence-corrected chi connectivity index (χ2v) is 8.10. The Kier molecular flexibility index (Phi) is 4.06. The molecule has 0 radical (unpaired) electrons. The van der Waals surface area contributed by atoms with Gasteiger partial charge in [-0.3, -0.25) is 0 Å².